The highest BCUT2D eigenvalue weighted by Gasteiger charge is 2.15. The van der Waals surface area contributed by atoms with Crippen LogP contribution in [0.2, 0.25) is 0 Å². The Labute approximate surface area is 158 Å². The summed E-state index contributed by atoms with van der Waals surface area (Å²) in [4.78, 5) is 17.9. The summed E-state index contributed by atoms with van der Waals surface area (Å²) < 4.78 is 0. The van der Waals surface area contributed by atoms with Crippen molar-refractivity contribution in [1.29, 1.82) is 0 Å². The quantitative estimate of drug-likeness (QED) is 0.508. The van der Waals surface area contributed by atoms with Gasteiger partial charge in [0, 0.05) is 16.6 Å². The van der Waals surface area contributed by atoms with Crippen molar-refractivity contribution < 1.29 is 4.79 Å². The second kappa shape index (κ2) is 7.04. The summed E-state index contributed by atoms with van der Waals surface area (Å²) in [7, 11) is 0. The van der Waals surface area contributed by atoms with Crippen LogP contribution in [0.3, 0.4) is 0 Å². The van der Waals surface area contributed by atoms with Gasteiger partial charge < -0.3 is 5.32 Å². The molecule has 3 nitrogen and oxygen atoms in total. The van der Waals surface area contributed by atoms with Crippen LogP contribution in [0.1, 0.15) is 21.5 Å². The number of nitrogens with one attached hydrogen (secondary N) is 1. The van der Waals surface area contributed by atoms with Crippen LogP contribution in [0.5, 0.6) is 0 Å². The first-order valence-corrected chi connectivity index (χ1v) is 8.95. The van der Waals surface area contributed by atoms with E-state index in [4.69, 9.17) is 4.98 Å². The number of para-hydroxylation sites is 1. The van der Waals surface area contributed by atoms with Crippen molar-refractivity contribution >= 4 is 22.5 Å². The van der Waals surface area contributed by atoms with E-state index in [0.29, 0.717) is 5.56 Å². The molecule has 1 N–H and O–H groups in total. The van der Waals surface area contributed by atoms with E-state index in [1.165, 1.54) is 0 Å². The molecule has 4 aromatic rings. The predicted octanol–water partition coefficient (Wildman–Crippen LogP) is 5.77. The molecule has 3 aromatic carbocycles. The molecule has 4 rings (SSSR count). The average Bonchev–Trinajstić information content (AvgIpc) is 2.70. The maximum absolute atomic E-state index is 13.1. The third-order valence-corrected chi connectivity index (χ3v) is 4.67. The molecular weight excluding hydrogens is 332 g/mol. The van der Waals surface area contributed by atoms with Gasteiger partial charge in [0.2, 0.25) is 0 Å². The molecule has 27 heavy (non-hydrogen) atoms. The molecule has 1 heterocycles. The van der Waals surface area contributed by atoms with E-state index in [9.17, 15) is 4.79 Å². The van der Waals surface area contributed by atoms with Gasteiger partial charge in [0.05, 0.1) is 16.8 Å². The lowest BCUT2D eigenvalue weighted by atomic mass is 10.0. The maximum atomic E-state index is 13.1. The standard InChI is InChI=1S/C24H20N2O/c1-16-12-13-17(2)22(14-16)26-24(27)20-15-23(18-8-4-3-5-9-18)25-21-11-7-6-10-19(20)21/h3-15H,1-2H3,(H,26,27). The number of carbonyl (C=O) groups excluding carboxylic acids is 1. The second-order valence-electron chi connectivity index (χ2n) is 6.71. The van der Waals surface area contributed by atoms with Crippen molar-refractivity contribution in [2.24, 2.45) is 0 Å². The van der Waals surface area contributed by atoms with Crippen molar-refractivity contribution in [1.82, 2.24) is 4.98 Å². The number of aryl methyl sites for hydroxylation is 2. The fourth-order valence-corrected chi connectivity index (χ4v) is 3.18. The predicted molar refractivity (Wildman–Crippen MR) is 111 cm³/mol. The minimum Gasteiger partial charge on any atom is -0.322 e. The van der Waals surface area contributed by atoms with Crippen LogP contribution in [0.25, 0.3) is 22.2 Å². The average molecular weight is 352 g/mol. The minimum atomic E-state index is -0.125. The Hall–Kier alpha value is -3.46. The fraction of sp³-hybridized carbons (Fsp3) is 0.0833. The molecule has 0 atom stereocenters. The summed E-state index contributed by atoms with van der Waals surface area (Å²) in [6, 6.07) is 25.6. The largest absolute Gasteiger partial charge is 0.322 e. The van der Waals surface area contributed by atoms with Gasteiger partial charge in [-0.1, -0.05) is 60.7 Å². The molecule has 0 bridgehead atoms. The monoisotopic (exact) mass is 352 g/mol. The zero-order chi connectivity index (χ0) is 18.8. The number of rotatable bonds is 3. The summed E-state index contributed by atoms with van der Waals surface area (Å²) in [6.07, 6.45) is 0. The summed E-state index contributed by atoms with van der Waals surface area (Å²) in [6.45, 7) is 4.01. The molecule has 1 aromatic heterocycles. The van der Waals surface area contributed by atoms with Crippen molar-refractivity contribution in [3.8, 4) is 11.3 Å². The first-order chi connectivity index (χ1) is 13.1. The van der Waals surface area contributed by atoms with Crippen LogP contribution in [0.4, 0.5) is 5.69 Å². The van der Waals surface area contributed by atoms with E-state index in [-0.39, 0.29) is 5.91 Å². The van der Waals surface area contributed by atoms with Gasteiger partial charge in [0.25, 0.3) is 5.91 Å². The highest BCUT2D eigenvalue weighted by atomic mass is 16.1. The molecule has 0 unspecified atom stereocenters. The maximum Gasteiger partial charge on any atom is 0.256 e. The number of benzene rings is 3. The van der Waals surface area contributed by atoms with Crippen molar-refractivity contribution in [2.45, 2.75) is 13.8 Å². The lowest BCUT2D eigenvalue weighted by molar-refractivity contribution is 0.102. The fourth-order valence-electron chi connectivity index (χ4n) is 3.18. The smallest absolute Gasteiger partial charge is 0.256 e. The Bertz CT molecular complexity index is 1130. The van der Waals surface area contributed by atoms with Crippen molar-refractivity contribution in [2.75, 3.05) is 5.32 Å². The van der Waals surface area contributed by atoms with Gasteiger partial charge in [0.15, 0.2) is 0 Å². The normalized spacial score (nSPS) is 10.7. The number of pyridine rings is 1. The van der Waals surface area contributed by atoms with Gasteiger partial charge in [-0.05, 0) is 43.2 Å². The van der Waals surface area contributed by atoms with Gasteiger partial charge in [-0.15, -0.1) is 0 Å². The van der Waals surface area contributed by atoms with Gasteiger partial charge in [-0.2, -0.15) is 0 Å². The highest BCUT2D eigenvalue weighted by Crippen LogP contribution is 2.26. The molecular formula is C24H20N2O. The Balaban J connectivity index is 1.82. The molecule has 0 saturated heterocycles. The molecule has 0 aliphatic rings. The molecule has 3 heteroatoms. The van der Waals surface area contributed by atoms with Crippen LogP contribution in [0, 0.1) is 13.8 Å². The Kier molecular flexibility index (Phi) is 4.43. The molecule has 0 saturated carbocycles. The number of carbonyl (C=O) groups is 1. The lowest BCUT2D eigenvalue weighted by Crippen LogP contribution is -2.14. The number of anilines is 1. The summed E-state index contributed by atoms with van der Waals surface area (Å²) in [5.74, 6) is -0.125. The zero-order valence-electron chi connectivity index (χ0n) is 15.4. The summed E-state index contributed by atoms with van der Waals surface area (Å²) in [5.41, 5.74) is 6.20. The zero-order valence-corrected chi connectivity index (χ0v) is 15.4. The Morgan fingerprint density at radius 1 is 0.852 bits per heavy atom. The van der Waals surface area contributed by atoms with Gasteiger partial charge in [-0.3, -0.25) is 4.79 Å². The Morgan fingerprint density at radius 3 is 2.41 bits per heavy atom. The molecule has 1 amide bonds. The minimum absolute atomic E-state index is 0.125. The number of amides is 1. The van der Waals surface area contributed by atoms with E-state index in [1.807, 2.05) is 92.7 Å². The van der Waals surface area contributed by atoms with Crippen molar-refractivity contribution in [3.05, 3.63) is 95.6 Å². The van der Waals surface area contributed by atoms with Crippen LogP contribution >= 0.6 is 0 Å². The van der Waals surface area contributed by atoms with Crippen molar-refractivity contribution in [3.63, 3.8) is 0 Å². The van der Waals surface area contributed by atoms with Gasteiger partial charge in [0.1, 0.15) is 0 Å². The summed E-state index contributed by atoms with van der Waals surface area (Å²) >= 11 is 0. The number of hydrogen-bond acceptors (Lipinski definition) is 2. The van der Waals surface area contributed by atoms with Crippen LogP contribution in [0.15, 0.2) is 78.9 Å². The first kappa shape index (κ1) is 17.0. The topological polar surface area (TPSA) is 42.0 Å². The van der Waals surface area contributed by atoms with Gasteiger partial charge in [-0.25, -0.2) is 4.98 Å². The molecule has 0 spiro atoms. The molecule has 0 aliphatic carbocycles. The number of fused-ring (bicyclic) bond motifs is 1. The SMILES string of the molecule is Cc1ccc(C)c(NC(=O)c2cc(-c3ccccc3)nc3ccccc23)c1. The van der Waals surface area contributed by atoms with Crippen LogP contribution in [-0.4, -0.2) is 10.9 Å². The Morgan fingerprint density at radius 2 is 1.59 bits per heavy atom. The molecule has 0 fully saturated rings. The molecule has 132 valence electrons. The van der Waals surface area contributed by atoms with E-state index in [0.717, 1.165) is 39.0 Å². The van der Waals surface area contributed by atoms with Crippen LogP contribution in [-0.2, 0) is 0 Å². The third kappa shape index (κ3) is 3.44. The molecule has 0 radical (unpaired) electrons. The number of hydrogen-bond donors (Lipinski definition) is 1. The first-order valence-electron chi connectivity index (χ1n) is 8.95. The van der Waals surface area contributed by atoms with E-state index >= 15 is 0 Å². The van der Waals surface area contributed by atoms with E-state index < -0.39 is 0 Å². The number of aromatic nitrogens is 1. The number of nitrogens with zero attached hydrogens (tertiary/aromatic N) is 1. The van der Waals surface area contributed by atoms with E-state index in [1.54, 1.807) is 0 Å². The van der Waals surface area contributed by atoms with Gasteiger partial charge >= 0.3 is 0 Å². The van der Waals surface area contributed by atoms with Crippen LogP contribution < -0.4 is 5.32 Å². The van der Waals surface area contributed by atoms with E-state index in [2.05, 4.69) is 5.32 Å². The second-order valence-corrected chi connectivity index (χ2v) is 6.71. The molecule has 0 aliphatic heterocycles. The summed E-state index contributed by atoms with van der Waals surface area (Å²) in [5, 5.41) is 3.92. The highest BCUT2D eigenvalue weighted by molar-refractivity contribution is 6.13. The third-order valence-electron chi connectivity index (χ3n) is 4.67. The lowest BCUT2D eigenvalue weighted by Gasteiger charge is -2.12.